The van der Waals surface area contributed by atoms with Crippen LogP contribution in [0.15, 0.2) is 24.3 Å². The van der Waals surface area contributed by atoms with E-state index in [4.69, 9.17) is 0 Å². The van der Waals surface area contributed by atoms with Crippen LogP contribution in [0, 0.1) is 0 Å². The van der Waals surface area contributed by atoms with Crippen LogP contribution in [-0.2, 0) is 0 Å². The fourth-order valence-electron chi connectivity index (χ4n) is 4.61. The van der Waals surface area contributed by atoms with E-state index in [1.54, 1.807) is 12.1 Å². The predicted octanol–water partition coefficient (Wildman–Crippen LogP) is 5.37. The van der Waals surface area contributed by atoms with Gasteiger partial charge in [-0.3, -0.25) is 9.59 Å². The molecule has 2 amide bonds. The van der Waals surface area contributed by atoms with Crippen LogP contribution in [0.1, 0.15) is 111 Å². The topological polar surface area (TPSA) is 58.2 Å². The molecule has 2 aliphatic carbocycles. The lowest BCUT2D eigenvalue weighted by atomic mass is 9.95. The second-order valence-electron chi connectivity index (χ2n) is 8.58. The van der Waals surface area contributed by atoms with Crippen LogP contribution in [0.4, 0.5) is 0 Å². The first-order chi connectivity index (χ1) is 13.7. The fraction of sp³-hybridized carbons (Fsp3) is 0.667. The van der Waals surface area contributed by atoms with Crippen LogP contribution in [0.25, 0.3) is 0 Å². The van der Waals surface area contributed by atoms with Gasteiger partial charge < -0.3 is 10.6 Å². The number of rotatable bonds is 4. The SMILES string of the molecule is O=C(NC1CCCCCCC1)c1ccccc1C(=O)NC1CCCCCCC1. The average molecular weight is 385 g/mol. The molecule has 28 heavy (non-hydrogen) atoms. The summed E-state index contributed by atoms with van der Waals surface area (Å²) in [5.41, 5.74) is 1.01. The second kappa shape index (κ2) is 11.2. The number of carbonyl (C=O) groups is 2. The number of nitrogens with one attached hydrogen (secondary N) is 2. The maximum atomic E-state index is 12.9. The van der Waals surface area contributed by atoms with E-state index in [0.29, 0.717) is 11.1 Å². The van der Waals surface area contributed by atoms with Crippen molar-refractivity contribution in [3.05, 3.63) is 35.4 Å². The molecule has 2 aliphatic rings. The Morgan fingerprint density at radius 3 is 1.25 bits per heavy atom. The molecule has 4 heteroatoms. The summed E-state index contributed by atoms with van der Waals surface area (Å²) >= 11 is 0. The molecule has 0 atom stereocenters. The van der Waals surface area contributed by atoms with Gasteiger partial charge in [-0.1, -0.05) is 76.3 Å². The monoisotopic (exact) mass is 384 g/mol. The maximum Gasteiger partial charge on any atom is 0.252 e. The molecule has 1 aromatic rings. The Morgan fingerprint density at radius 1 is 0.571 bits per heavy atom. The molecule has 0 spiro atoms. The summed E-state index contributed by atoms with van der Waals surface area (Å²) in [5.74, 6) is -0.206. The van der Waals surface area contributed by atoms with E-state index in [1.807, 2.05) is 12.1 Å². The number of hydrogen-bond acceptors (Lipinski definition) is 2. The van der Waals surface area contributed by atoms with Crippen molar-refractivity contribution in [1.29, 1.82) is 0 Å². The van der Waals surface area contributed by atoms with Gasteiger partial charge in [-0.05, 0) is 37.8 Å². The molecule has 0 bridgehead atoms. The molecule has 154 valence electrons. The zero-order valence-corrected chi connectivity index (χ0v) is 17.2. The highest BCUT2D eigenvalue weighted by Crippen LogP contribution is 2.20. The molecule has 0 radical (unpaired) electrons. The summed E-state index contributed by atoms with van der Waals surface area (Å²) in [6, 6.07) is 7.72. The van der Waals surface area contributed by atoms with Crippen molar-refractivity contribution in [2.24, 2.45) is 0 Å². The molecule has 2 fully saturated rings. The quantitative estimate of drug-likeness (QED) is 0.733. The van der Waals surface area contributed by atoms with E-state index in [2.05, 4.69) is 10.6 Å². The van der Waals surface area contributed by atoms with Gasteiger partial charge in [0.2, 0.25) is 0 Å². The van der Waals surface area contributed by atoms with Gasteiger partial charge >= 0.3 is 0 Å². The first-order valence-electron chi connectivity index (χ1n) is 11.4. The molecule has 0 unspecified atom stereocenters. The summed E-state index contributed by atoms with van der Waals surface area (Å²) in [4.78, 5) is 25.9. The van der Waals surface area contributed by atoms with Crippen LogP contribution < -0.4 is 10.6 Å². The second-order valence-corrected chi connectivity index (χ2v) is 8.58. The Morgan fingerprint density at radius 2 is 0.893 bits per heavy atom. The van der Waals surface area contributed by atoms with Crippen molar-refractivity contribution < 1.29 is 9.59 Å². The molecule has 3 rings (SSSR count). The molecule has 1 aromatic carbocycles. The summed E-state index contributed by atoms with van der Waals surface area (Å²) in [7, 11) is 0. The van der Waals surface area contributed by atoms with Gasteiger partial charge in [0.05, 0.1) is 11.1 Å². The highest BCUT2D eigenvalue weighted by molar-refractivity contribution is 6.07. The van der Waals surface area contributed by atoms with Gasteiger partial charge in [0.25, 0.3) is 11.8 Å². The molecular formula is C24H36N2O2. The van der Waals surface area contributed by atoms with E-state index in [-0.39, 0.29) is 23.9 Å². The highest BCUT2D eigenvalue weighted by atomic mass is 16.2. The van der Waals surface area contributed by atoms with Crippen molar-refractivity contribution >= 4 is 11.8 Å². The van der Waals surface area contributed by atoms with Crippen LogP contribution in [0.5, 0.6) is 0 Å². The van der Waals surface area contributed by atoms with Crippen LogP contribution in [-0.4, -0.2) is 23.9 Å². The third kappa shape index (κ3) is 6.35. The standard InChI is InChI=1S/C24H36N2O2/c27-23(25-19-13-7-3-1-4-8-14-19)21-17-11-12-18-22(21)24(28)26-20-15-9-5-2-6-10-16-20/h11-12,17-20H,1-10,13-16H2,(H,25,27)(H,26,28). The van der Waals surface area contributed by atoms with Gasteiger partial charge in [0.1, 0.15) is 0 Å². The Hall–Kier alpha value is -1.84. The number of carbonyl (C=O) groups excluding carboxylic acids is 2. The zero-order valence-electron chi connectivity index (χ0n) is 17.2. The number of amides is 2. The van der Waals surface area contributed by atoms with Gasteiger partial charge in [0, 0.05) is 12.1 Å². The van der Waals surface area contributed by atoms with E-state index in [9.17, 15) is 9.59 Å². The maximum absolute atomic E-state index is 12.9. The Balaban J connectivity index is 1.63. The van der Waals surface area contributed by atoms with Gasteiger partial charge in [-0.15, -0.1) is 0 Å². The number of benzene rings is 1. The van der Waals surface area contributed by atoms with Crippen LogP contribution >= 0.6 is 0 Å². The summed E-state index contributed by atoms with van der Waals surface area (Å²) in [6.45, 7) is 0. The third-order valence-corrected chi connectivity index (χ3v) is 6.30. The van der Waals surface area contributed by atoms with Gasteiger partial charge in [-0.25, -0.2) is 0 Å². The summed E-state index contributed by atoms with van der Waals surface area (Å²) in [6.07, 6.45) is 16.5. The molecule has 2 N–H and O–H groups in total. The molecule has 0 aliphatic heterocycles. The first kappa shape index (κ1) is 20.9. The fourth-order valence-corrected chi connectivity index (χ4v) is 4.61. The average Bonchev–Trinajstić information content (AvgIpc) is 2.65. The van der Waals surface area contributed by atoms with E-state index in [0.717, 1.165) is 25.7 Å². The zero-order chi connectivity index (χ0) is 19.6. The summed E-state index contributed by atoms with van der Waals surface area (Å²) < 4.78 is 0. The molecule has 0 saturated heterocycles. The lowest BCUT2D eigenvalue weighted by Gasteiger charge is -2.23. The molecule has 0 aromatic heterocycles. The molecule has 0 heterocycles. The van der Waals surface area contributed by atoms with Crippen molar-refractivity contribution in [3.8, 4) is 0 Å². The smallest absolute Gasteiger partial charge is 0.252 e. The van der Waals surface area contributed by atoms with E-state index < -0.39 is 0 Å². The van der Waals surface area contributed by atoms with Crippen molar-refractivity contribution in [1.82, 2.24) is 10.6 Å². The van der Waals surface area contributed by atoms with E-state index >= 15 is 0 Å². The Bertz CT molecular complexity index is 572. The predicted molar refractivity (Wildman–Crippen MR) is 114 cm³/mol. The minimum absolute atomic E-state index is 0.103. The van der Waals surface area contributed by atoms with Gasteiger partial charge in [-0.2, -0.15) is 0 Å². The van der Waals surface area contributed by atoms with E-state index in [1.165, 1.54) is 64.2 Å². The lowest BCUT2D eigenvalue weighted by Crippen LogP contribution is -2.39. The summed E-state index contributed by atoms with van der Waals surface area (Å²) in [5, 5.41) is 6.40. The largest absolute Gasteiger partial charge is 0.349 e. The minimum Gasteiger partial charge on any atom is -0.349 e. The first-order valence-corrected chi connectivity index (χ1v) is 11.4. The van der Waals surface area contributed by atoms with Crippen LogP contribution in [0.3, 0.4) is 0 Å². The van der Waals surface area contributed by atoms with Crippen LogP contribution in [0.2, 0.25) is 0 Å². The third-order valence-electron chi connectivity index (χ3n) is 6.30. The molecular weight excluding hydrogens is 348 g/mol. The van der Waals surface area contributed by atoms with Crippen molar-refractivity contribution in [3.63, 3.8) is 0 Å². The minimum atomic E-state index is -0.103. The lowest BCUT2D eigenvalue weighted by molar-refractivity contribution is 0.0895. The molecule has 4 nitrogen and oxygen atoms in total. The number of hydrogen-bond donors (Lipinski definition) is 2. The normalized spacial score (nSPS) is 20.3. The van der Waals surface area contributed by atoms with Crippen molar-refractivity contribution in [2.45, 2.75) is 102 Å². The van der Waals surface area contributed by atoms with Crippen molar-refractivity contribution in [2.75, 3.05) is 0 Å². The highest BCUT2D eigenvalue weighted by Gasteiger charge is 2.22. The Kier molecular flexibility index (Phi) is 8.38. The molecule has 2 saturated carbocycles. The Labute approximate surface area is 169 Å². The van der Waals surface area contributed by atoms with Gasteiger partial charge in [0.15, 0.2) is 0 Å².